The van der Waals surface area contributed by atoms with Gasteiger partial charge >= 0.3 is 0 Å². The van der Waals surface area contributed by atoms with Gasteiger partial charge in [-0.15, -0.1) is 0 Å². The maximum absolute atomic E-state index is 10.2. The minimum absolute atomic E-state index is 0.222. The van der Waals surface area contributed by atoms with Gasteiger partial charge < -0.3 is 10.4 Å². The molecule has 2 saturated heterocycles. The van der Waals surface area contributed by atoms with Gasteiger partial charge in [-0.05, 0) is 43.9 Å². The number of rotatable bonds is 1. The topological polar surface area (TPSA) is 35.5 Å². The van der Waals surface area contributed by atoms with Crippen molar-refractivity contribution in [2.24, 2.45) is 11.8 Å². The smallest absolute Gasteiger partial charge is 0.0484 e. The molecule has 2 N–H and O–H groups in total. The Hall–Kier alpha value is -1.32. The minimum atomic E-state index is 0.222. The molecule has 3 fully saturated rings. The van der Waals surface area contributed by atoms with Crippen LogP contribution in [0, 0.1) is 11.8 Å². The van der Waals surface area contributed by atoms with Crippen molar-refractivity contribution >= 4 is 5.69 Å². The van der Waals surface area contributed by atoms with Crippen molar-refractivity contribution in [2.75, 3.05) is 25.0 Å². The van der Waals surface area contributed by atoms with Crippen molar-refractivity contribution in [1.82, 2.24) is 4.90 Å². The Kier molecular flexibility index (Phi) is 2.61. The third-order valence-electron chi connectivity index (χ3n) is 7.01. The van der Waals surface area contributed by atoms with E-state index in [2.05, 4.69) is 47.5 Å². The summed E-state index contributed by atoms with van der Waals surface area (Å²) in [6.07, 6.45) is 4.75. The van der Waals surface area contributed by atoms with E-state index in [1.165, 1.54) is 30.6 Å². The molecule has 1 aromatic carbocycles. The summed E-state index contributed by atoms with van der Waals surface area (Å²) in [6, 6.07) is 9.89. The quantitative estimate of drug-likeness (QED) is 0.781. The molecule has 22 heavy (non-hydrogen) atoms. The average Bonchev–Trinajstić information content (AvgIpc) is 3.11. The van der Waals surface area contributed by atoms with Gasteiger partial charge in [0.15, 0.2) is 0 Å². The Bertz CT molecular complexity index is 655. The fourth-order valence-electron chi connectivity index (χ4n) is 6.13. The molecule has 5 atom stereocenters. The van der Waals surface area contributed by atoms with Crippen LogP contribution < -0.4 is 5.32 Å². The number of allylic oxidation sites excluding steroid dienone is 1. The number of nitrogens with zero attached hydrogens (tertiary/aromatic N) is 1. The highest BCUT2D eigenvalue weighted by atomic mass is 16.3. The molecule has 1 saturated carbocycles. The Morgan fingerprint density at radius 3 is 3.09 bits per heavy atom. The van der Waals surface area contributed by atoms with Crippen molar-refractivity contribution in [3.8, 4) is 0 Å². The summed E-state index contributed by atoms with van der Waals surface area (Å²) in [5.74, 6) is 0.893. The summed E-state index contributed by atoms with van der Waals surface area (Å²) < 4.78 is 0. The lowest BCUT2D eigenvalue weighted by Crippen LogP contribution is -2.62. The van der Waals surface area contributed by atoms with Gasteiger partial charge in [-0.3, -0.25) is 4.90 Å². The summed E-state index contributed by atoms with van der Waals surface area (Å²) in [5, 5.41) is 14.0. The summed E-state index contributed by atoms with van der Waals surface area (Å²) in [6.45, 7) is 4.76. The van der Waals surface area contributed by atoms with E-state index >= 15 is 0 Å². The first kappa shape index (κ1) is 13.1. The predicted molar refractivity (Wildman–Crippen MR) is 87.9 cm³/mol. The molecule has 4 aliphatic rings. The van der Waals surface area contributed by atoms with Crippen molar-refractivity contribution < 1.29 is 5.11 Å². The van der Waals surface area contributed by atoms with E-state index in [0.717, 1.165) is 6.54 Å². The van der Waals surface area contributed by atoms with Gasteiger partial charge in [0.25, 0.3) is 0 Å². The monoisotopic (exact) mass is 296 g/mol. The molecule has 3 heterocycles. The maximum Gasteiger partial charge on any atom is 0.0484 e. The molecule has 1 spiro atoms. The van der Waals surface area contributed by atoms with Gasteiger partial charge in [0.1, 0.15) is 0 Å². The van der Waals surface area contributed by atoms with Gasteiger partial charge in [-0.25, -0.2) is 0 Å². The van der Waals surface area contributed by atoms with Crippen LogP contribution in [0.1, 0.15) is 25.3 Å². The molecule has 2 bridgehead atoms. The first-order valence-electron chi connectivity index (χ1n) is 8.65. The molecule has 1 aliphatic carbocycles. The SMILES string of the molecule is C/C=C1\CN2CC[C@]34c5ccccc5N[C@H]3[C@@H](CO)[C@H]1C[C@@H]24. The highest BCUT2D eigenvalue weighted by Gasteiger charge is 2.64. The number of benzene rings is 1. The zero-order valence-electron chi connectivity index (χ0n) is 13.1. The highest BCUT2D eigenvalue weighted by Crippen LogP contribution is 2.60. The summed E-state index contributed by atoms with van der Waals surface area (Å²) in [7, 11) is 0. The number of aliphatic hydroxyl groups is 1. The van der Waals surface area contributed by atoms with Crippen molar-refractivity contribution in [1.29, 1.82) is 0 Å². The number of aliphatic hydroxyl groups excluding tert-OH is 1. The highest BCUT2D eigenvalue weighted by molar-refractivity contribution is 5.65. The van der Waals surface area contributed by atoms with E-state index in [1.54, 1.807) is 5.57 Å². The lowest BCUT2D eigenvalue weighted by Gasteiger charge is -2.54. The summed E-state index contributed by atoms with van der Waals surface area (Å²) in [5.41, 5.74) is 4.58. The van der Waals surface area contributed by atoms with Crippen LogP contribution in [0.15, 0.2) is 35.9 Å². The summed E-state index contributed by atoms with van der Waals surface area (Å²) in [4.78, 5) is 2.70. The average molecular weight is 296 g/mol. The zero-order valence-corrected chi connectivity index (χ0v) is 13.1. The summed E-state index contributed by atoms with van der Waals surface area (Å²) >= 11 is 0. The predicted octanol–water partition coefficient (Wildman–Crippen LogP) is 2.38. The number of anilines is 1. The molecular weight excluding hydrogens is 272 g/mol. The van der Waals surface area contributed by atoms with Gasteiger partial charge in [0.05, 0.1) is 0 Å². The van der Waals surface area contributed by atoms with Gasteiger partial charge in [0.2, 0.25) is 0 Å². The minimum Gasteiger partial charge on any atom is -0.396 e. The largest absolute Gasteiger partial charge is 0.396 e. The molecular formula is C19H24N2O. The standard InChI is InChI=1S/C19H24N2O/c1-2-12-10-21-8-7-19-15-5-3-4-6-16(15)20-18(19)14(11-22)13(12)9-17(19)21/h2-6,13-14,17-18,20,22H,7-11H2,1H3/b12-2+/t13-,14-,17+,18-,19+/m0/s1. The van der Waals surface area contributed by atoms with E-state index in [1.807, 2.05) is 0 Å². The first-order chi connectivity index (χ1) is 10.8. The van der Waals surface area contributed by atoms with E-state index in [-0.39, 0.29) is 5.41 Å². The number of piperidine rings is 1. The van der Waals surface area contributed by atoms with Gasteiger partial charge in [-0.1, -0.05) is 29.8 Å². The van der Waals surface area contributed by atoms with Crippen molar-refractivity contribution in [2.45, 2.75) is 37.3 Å². The Morgan fingerprint density at radius 1 is 1.41 bits per heavy atom. The number of nitrogens with one attached hydrogen (secondary N) is 1. The van der Waals surface area contributed by atoms with E-state index in [9.17, 15) is 5.11 Å². The molecule has 116 valence electrons. The van der Waals surface area contributed by atoms with Crippen LogP contribution in [0.25, 0.3) is 0 Å². The maximum atomic E-state index is 10.2. The van der Waals surface area contributed by atoms with E-state index < -0.39 is 0 Å². The fraction of sp³-hybridized carbons (Fsp3) is 0.579. The molecule has 3 heteroatoms. The van der Waals surface area contributed by atoms with Crippen LogP contribution in [0.4, 0.5) is 5.69 Å². The molecule has 3 nitrogen and oxygen atoms in total. The molecule has 0 unspecified atom stereocenters. The number of para-hydroxylation sites is 1. The molecule has 1 aromatic rings. The number of hydrogen-bond donors (Lipinski definition) is 2. The van der Waals surface area contributed by atoms with Crippen LogP contribution in [0.3, 0.4) is 0 Å². The van der Waals surface area contributed by atoms with E-state index in [4.69, 9.17) is 0 Å². The zero-order chi connectivity index (χ0) is 14.9. The lowest BCUT2D eigenvalue weighted by atomic mass is 9.56. The van der Waals surface area contributed by atoms with Gasteiger partial charge in [-0.2, -0.15) is 0 Å². The normalized spacial score (nSPS) is 43.8. The molecule has 0 radical (unpaired) electrons. The molecule has 5 rings (SSSR count). The molecule has 0 aromatic heterocycles. The molecule has 0 amide bonds. The third-order valence-corrected chi connectivity index (χ3v) is 7.01. The van der Waals surface area contributed by atoms with Crippen molar-refractivity contribution in [3.05, 3.63) is 41.5 Å². The second-order valence-electron chi connectivity index (χ2n) is 7.50. The lowest BCUT2D eigenvalue weighted by molar-refractivity contribution is 0.0298. The fourth-order valence-corrected chi connectivity index (χ4v) is 6.13. The number of hydrogen-bond acceptors (Lipinski definition) is 3. The first-order valence-corrected chi connectivity index (χ1v) is 8.65. The second kappa shape index (κ2) is 4.36. The number of fused-ring (bicyclic) bond motifs is 2. The van der Waals surface area contributed by atoms with Crippen LogP contribution in [0.2, 0.25) is 0 Å². The van der Waals surface area contributed by atoms with Crippen LogP contribution in [-0.4, -0.2) is 41.8 Å². The Morgan fingerprint density at radius 2 is 2.27 bits per heavy atom. The second-order valence-corrected chi connectivity index (χ2v) is 7.50. The van der Waals surface area contributed by atoms with E-state index in [0.29, 0.717) is 30.5 Å². The van der Waals surface area contributed by atoms with Crippen LogP contribution in [-0.2, 0) is 5.41 Å². The van der Waals surface area contributed by atoms with Gasteiger partial charge in [0, 0.05) is 42.3 Å². The van der Waals surface area contributed by atoms with Crippen LogP contribution >= 0.6 is 0 Å². The Balaban J connectivity index is 1.71. The molecule has 3 aliphatic heterocycles. The Labute approximate surface area is 132 Å². The third kappa shape index (κ3) is 1.35. The van der Waals surface area contributed by atoms with Crippen molar-refractivity contribution in [3.63, 3.8) is 0 Å². The van der Waals surface area contributed by atoms with Crippen LogP contribution in [0.5, 0.6) is 0 Å².